The van der Waals surface area contributed by atoms with Gasteiger partial charge in [0.1, 0.15) is 0 Å². The second-order valence-corrected chi connectivity index (χ2v) is 5.89. The molecule has 0 amide bonds. The van der Waals surface area contributed by atoms with E-state index in [2.05, 4.69) is 34.2 Å². The molecule has 6 heteroatoms. The zero-order valence-corrected chi connectivity index (χ0v) is 12.5. The number of aromatic nitrogens is 2. The Morgan fingerprint density at radius 2 is 2.25 bits per heavy atom. The summed E-state index contributed by atoms with van der Waals surface area (Å²) in [5.41, 5.74) is 0. The lowest BCUT2D eigenvalue weighted by Crippen LogP contribution is -2.44. The zero-order chi connectivity index (χ0) is 13.9. The van der Waals surface area contributed by atoms with Gasteiger partial charge >= 0.3 is 0 Å². The van der Waals surface area contributed by atoms with E-state index in [0.29, 0.717) is 6.04 Å². The van der Waals surface area contributed by atoms with E-state index in [4.69, 9.17) is 9.51 Å². The summed E-state index contributed by atoms with van der Waals surface area (Å²) in [5, 5.41) is 7.63. The van der Waals surface area contributed by atoms with Crippen molar-refractivity contribution in [1.29, 1.82) is 0 Å². The molecule has 3 heterocycles. The minimum atomic E-state index is 0.238. The largest absolute Gasteiger partial charge is 0.338 e. The van der Waals surface area contributed by atoms with Crippen LogP contribution in [0.4, 0.5) is 0 Å². The van der Waals surface area contributed by atoms with Crippen LogP contribution < -0.4 is 5.32 Å². The molecule has 2 fully saturated rings. The highest BCUT2D eigenvalue weighted by molar-refractivity contribution is 5.02. The molecule has 0 saturated carbocycles. The van der Waals surface area contributed by atoms with Gasteiger partial charge in [-0.3, -0.25) is 9.80 Å². The van der Waals surface area contributed by atoms with Gasteiger partial charge in [0.2, 0.25) is 5.89 Å². The van der Waals surface area contributed by atoms with Gasteiger partial charge in [-0.1, -0.05) is 12.1 Å². The topological polar surface area (TPSA) is 57.4 Å². The highest BCUT2D eigenvalue weighted by Crippen LogP contribution is 2.31. The van der Waals surface area contributed by atoms with E-state index in [0.717, 1.165) is 50.9 Å². The van der Waals surface area contributed by atoms with Crippen LogP contribution in [0.2, 0.25) is 0 Å². The third-order valence-electron chi connectivity index (χ3n) is 4.43. The summed E-state index contributed by atoms with van der Waals surface area (Å²) in [6.45, 7) is 7.45. The minimum Gasteiger partial charge on any atom is -0.338 e. The van der Waals surface area contributed by atoms with E-state index in [-0.39, 0.29) is 6.04 Å². The van der Waals surface area contributed by atoms with Gasteiger partial charge < -0.3 is 9.84 Å². The molecule has 0 radical (unpaired) electrons. The van der Waals surface area contributed by atoms with Crippen molar-refractivity contribution in [3.8, 4) is 0 Å². The molecule has 2 unspecified atom stereocenters. The predicted molar refractivity (Wildman–Crippen MR) is 76.4 cm³/mol. The standard InChI is InChI=1S/C14H25N5O/c1-3-7-19-8-4-5-11(19)14-16-13(17-20-14)12-10-15-6-9-18(12)2/h11-12,15H,3-10H2,1-2H3. The van der Waals surface area contributed by atoms with Crippen LogP contribution in [0.25, 0.3) is 0 Å². The van der Waals surface area contributed by atoms with Gasteiger partial charge in [-0.15, -0.1) is 0 Å². The first-order valence-electron chi connectivity index (χ1n) is 7.78. The molecular formula is C14H25N5O. The van der Waals surface area contributed by atoms with Crippen molar-refractivity contribution < 1.29 is 4.52 Å². The maximum Gasteiger partial charge on any atom is 0.244 e. The van der Waals surface area contributed by atoms with E-state index < -0.39 is 0 Å². The second-order valence-electron chi connectivity index (χ2n) is 5.89. The number of piperazine rings is 1. The fourth-order valence-corrected chi connectivity index (χ4v) is 3.27. The number of hydrogen-bond acceptors (Lipinski definition) is 6. The van der Waals surface area contributed by atoms with Crippen molar-refractivity contribution in [2.45, 2.75) is 38.3 Å². The molecule has 0 aromatic carbocycles. The molecule has 0 aliphatic carbocycles. The van der Waals surface area contributed by atoms with Crippen LogP contribution in [-0.2, 0) is 0 Å². The summed E-state index contributed by atoms with van der Waals surface area (Å²) in [6.07, 6.45) is 3.54. The molecule has 1 aromatic heterocycles. The van der Waals surface area contributed by atoms with E-state index in [1.807, 2.05) is 0 Å². The number of nitrogens with zero attached hydrogens (tertiary/aromatic N) is 4. The second kappa shape index (κ2) is 6.20. The molecule has 6 nitrogen and oxygen atoms in total. The number of hydrogen-bond donors (Lipinski definition) is 1. The number of likely N-dealkylation sites (N-methyl/N-ethyl adjacent to an activating group) is 1. The Balaban J connectivity index is 1.72. The Bertz CT molecular complexity index is 435. The predicted octanol–water partition coefficient (Wildman–Crippen LogP) is 1.19. The zero-order valence-electron chi connectivity index (χ0n) is 12.5. The highest BCUT2D eigenvalue weighted by atomic mass is 16.5. The summed E-state index contributed by atoms with van der Waals surface area (Å²) in [5.74, 6) is 1.64. The quantitative estimate of drug-likeness (QED) is 0.893. The lowest BCUT2D eigenvalue weighted by molar-refractivity contribution is 0.188. The van der Waals surface area contributed by atoms with E-state index in [9.17, 15) is 0 Å². The maximum absolute atomic E-state index is 5.57. The van der Waals surface area contributed by atoms with E-state index in [1.54, 1.807) is 0 Å². The first-order valence-corrected chi connectivity index (χ1v) is 7.78. The molecule has 0 spiro atoms. The van der Waals surface area contributed by atoms with Gasteiger partial charge in [0.25, 0.3) is 0 Å². The molecule has 1 N–H and O–H groups in total. The van der Waals surface area contributed by atoms with Crippen LogP contribution in [0.1, 0.15) is 50.0 Å². The Labute approximate surface area is 120 Å². The summed E-state index contributed by atoms with van der Waals surface area (Å²) >= 11 is 0. The van der Waals surface area contributed by atoms with Gasteiger partial charge in [-0.2, -0.15) is 4.98 Å². The fourth-order valence-electron chi connectivity index (χ4n) is 3.27. The summed E-state index contributed by atoms with van der Waals surface area (Å²) in [6, 6.07) is 0.570. The molecule has 3 rings (SSSR count). The monoisotopic (exact) mass is 279 g/mol. The summed E-state index contributed by atoms with van der Waals surface area (Å²) < 4.78 is 5.57. The number of likely N-dealkylation sites (tertiary alicyclic amines) is 1. The van der Waals surface area contributed by atoms with Gasteiger partial charge in [0.05, 0.1) is 12.1 Å². The maximum atomic E-state index is 5.57. The smallest absolute Gasteiger partial charge is 0.244 e. The third kappa shape index (κ3) is 2.73. The Morgan fingerprint density at radius 1 is 1.35 bits per heavy atom. The first-order chi connectivity index (χ1) is 9.79. The number of nitrogens with one attached hydrogen (secondary N) is 1. The first kappa shape index (κ1) is 14.0. The Hall–Kier alpha value is -0.980. The summed E-state index contributed by atoms with van der Waals surface area (Å²) in [4.78, 5) is 9.47. The van der Waals surface area contributed by atoms with Crippen LogP contribution in [0.15, 0.2) is 4.52 Å². The van der Waals surface area contributed by atoms with Gasteiger partial charge in [0, 0.05) is 19.6 Å². The van der Waals surface area contributed by atoms with Gasteiger partial charge in [-0.25, -0.2) is 0 Å². The SMILES string of the molecule is CCCN1CCCC1c1nc(C2CNCCN2C)no1. The minimum absolute atomic E-state index is 0.238. The molecule has 2 atom stereocenters. The van der Waals surface area contributed by atoms with Gasteiger partial charge in [0.15, 0.2) is 5.82 Å². The van der Waals surface area contributed by atoms with Crippen molar-refractivity contribution in [3.63, 3.8) is 0 Å². The van der Waals surface area contributed by atoms with E-state index in [1.165, 1.54) is 12.8 Å². The number of rotatable bonds is 4. The van der Waals surface area contributed by atoms with Crippen molar-refractivity contribution >= 4 is 0 Å². The fraction of sp³-hybridized carbons (Fsp3) is 0.857. The van der Waals surface area contributed by atoms with Crippen molar-refractivity contribution in [3.05, 3.63) is 11.7 Å². The van der Waals surface area contributed by atoms with E-state index >= 15 is 0 Å². The third-order valence-corrected chi connectivity index (χ3v) is 4.43. The molecule has 112 valence electrons. The lowest BCUT2D eigenvalue weighted by Gasteiger charge is -2.30. The van der Waals surface area contributed by atoms with Crippen molar-refractivity contribution in [1.82, 2.24) is 25.3 Å². The van der Waals surface area contributed by atoms with Crippen LogP contribution in [0.3, 0.4) is 0 Å². The normalized spacial score (nSPS) is 29.1. The molecule has 0 bridgehead atoms. The lowest BCUT2D eigenvalue weighted by atomic mass is 10.2. The molecule has 2 saturated heterocycles. The molecule has 2 aliphatic rings. The summed E-state index contributed by atoms with van der Waals surface area (Å²) in [7, 11) is 2.13. The van der Waals surface area contributed by atoms with Crippen LogP contribution in [0.5, 0.6) is 0 Å². The molecule has 1 aromatic rings. The highest BCUT2D eigenvalue weighted by Gasteiger charge is 2.32. The van der Waals surface area contributed by atoms with Crippen molar-refractivity contribution in [2.75, 3.05) is 39.8 Å². The van der Waals surface area contributed by atoms with Crippen LogP contribution in [0, 0.1) is 0 Å². The van der Waals surface area contributed by atoms with Crippen molar-refractivity contribution in [2.24, 2.45) is 0 Å². The average molecular weight is 279 g/mol. The Kier molecular flexibility index (Phi) is 4.33. The van der Waals surface area contributed by atoms with Gasteiger partial charge in [-0.05, 0) is 39.4 Å². The van der Waals surface area contributed by atoms with Crippen LogP contribution >= 0.6 is 0 Å². The molecule has 20 heavy (non-hydrogen) atoms. The van der Waals surface area contributed by atoms with Crippen LogP contribution in [-0.4, -0.2) is 59.7 Å². The Morgan fingerprint density at radius 3 is 3.05 bits per heavy atom. The molecular weight excluding hydrogens is 254 g/mol. The molecule has 2 aliphatic heterocycles. The average Bonchev–Trinajstić information content (AvgIpc) is 3.08.